The summed E-state index contributed by atoms with van der Waals surface area (Å²) in [6, 6.07) is 13.5. The van der Waals surface area contributed by atoms with Crippen molar-refractivity contribution in [1.82, 2.24) is 9.04 Å². The number of carbonyl (C=O) groups excluding carboxylic acids is 1. The van der Waals surface area contributed by atoms with E-state index in [1.807, 2.05) is 6.92 Å². The van der Waals surface area contributed by atoms with Crippen LogP contribution in [-0.2, 0) is 14.9 Å². The Hall–Kier alpha value is -2.64. The summed E-state index contributed by atoms with van der Waals surface area (Å²) in [5.74, 6) is -0.420. The smallest absolute Gasteiger partial charge is 0.274 e. The first-order valence-corrected chi connectivity index (χ1v) is 9.05. The fourth-order valence-corrected chi connectivity index (χ4v) is 3.97. The molecule has 0 saturated carbocycles. The van der Waals surface area contributed by atoms with Gasteiger partial charge in [0.2, 0.25) is 0 Å². The highest BCUT2D eigenvalue weighted by molar-refractivity contribution is 7.90. The summed E-state index contributed by atoms with van der Waals surface area (Å²) in [6.45, 7) is 1.89. The van der Waals surface area contributed by atoms with Gasteiger partial charge in [0.15, 0.2) is 0 Å². The van der Waals surface area contributed by atoms with Crippen LogP contribution in [0.25, 0.3) is 10.9 Å². The average Bonchev–Trinajstić information content (AvgIpc) is 3.01. The van der Waals surface area contributed by atoms with Gasteiger partial charge in [-0.2, -0.15) is 0 Å². The largest absolute Gasteiger partial charge is 0.279 e. The predicted octanol–water partition coefficient (Wildman–Crippen LogP) is 2.82. The van der Waals surface area contributed by atoms with Crippen LogP contribution in [0.1, 0.15) is 15.9 Å². The van der Waals surface area contributed by atoms with E-state index in [4.69, 9.17) is 4.84 Å². The van der Waals surface area contributed by atoms with Crippen molar-refractivity contribution >= 4 is 26.8 Å². The number of carbonyl (C=O) groups is 1. The Balaban J connectivity index is 2.23. The minimum absolute atomic E-state index is 0.165. The van der Waals surface area contributed by atoms with Gasteiger partial charge in [-0.1, -0.05) is 35.9 Å². The molecule has 0 N–H and O–H groups in total. The van der Waals surface area contributed by atoms with Crippen LogP contribution in [0.5, 0.6) is 0 Å². The van der Waals surface area contributed by atoms with Gasteiger partial charge in [-0.05, 0) is 25.1 Å². The zero-order valence-electron chi connectivity index (χ0n) is 14.1. The molecule has 1 amide bonds. The van der Waals surface area contributed by atoms with E-state index in [1.54, 1.807) is 48.5 Å². The van der Waals surface area contributed by atoms with Crippen LogP contribution < -0.4 is 0 Å². The van der Waals surface area contributed by atoms with Crippen LogP contribution in [0.3, 0.4) is 0 Å². The fraction of sp³-hybridized carbons (Fsp3) is 0.167. The van der Waals surface area contributed by atoms with E-state index in [1.165, 1.54) is 20.4 Å². The average molecular weight is 358 g/mol. The molecule has 0 unspecified atom stereocenters. The third-order valence-electron chi connectivity index (χ3n) is 4.05. The molecule has 0 aliphatic heterocycles. The van der Waals surface area contributed by atoms with Crippen LogP contribution in [0, 0.1) is 6.92 Å². The SMILES string of the molecule is CON(C)C(=O)c1cn(S(=O)(=O)c2ccc(C)cc2)c2ccccc12. The number of benzene rings is 2. The number of aryl methyl sites for hydroxylation is 1. The molecule has 0 spiro atoms. The Bertz CT molecular complexity index is 1040. The van der Waals surface area contributed by atoms with Crippen LogP contribution in [-0.4, -0.2) is 37.5 Å². The molecule has 0 aliphatic carbocycles. The first-order chi connectivity index (χ1) is 11.9. The highest BCUT2D eigenvalue weighted by Crippen LogP contribution is 2.27. The van der Waals surface area contributed by atoms with Crippen LogP contribution >= 0.6 is 0 Å². The number of aromatic nitrogens is 1. The second-order valence-corrected chi connectivity index (χ2v) is 7.47. The first kappa shape index (κ1) is 17.2. The standard InChI is InChI=1S/C18H18N2O4S/c1-13-8-10-14(11-9-13)25(22,23)20-12-16(18(21)19(2)24-3)15-6-4-5-7-17(15)20/h4-12H,1-3H3. The lowest BCUT2D eigenvalue weighted by molar-refractivity contribution is -0.0755. The molecule has 0 aliphatic rings. The monoisotopic (exact) mass is 358 g/mol. The van der Waals surface area contributed by atoms with E-state index >= 15 is 0 Å². The number of rotatable bonds is 4. The Morgan fingerprint density at radius 3 is 2.36 bits per heavy atom. The van der Waals surface area contributed by atoms with Crippen molar-refractivity contribution < 1.29 is 18.0 Å². The molecule has 3 rings (SSSR count). The third kappa shape index (κ3) is 2.92. The molecule has 2 aromatic carbocycles. The topological polar surface area (TPSA) is 68.6 Å². The molecule has 0 fully saturated rings. The number of fused-ring (bicyclic) bond motifs is 1. The molecule has 25 heavy (non-hydrogen) atoms. The summed E-state index contributed by atoms with van der Waals surface area (Å²) < 4.78 is 27.2. The number of para-hydroxylation sites is 1. The molecule has 1 aromatic heterocycles. The molecule has 3 aromatic rings. The van der Waals surface area contributed by atoms with Gasteiger partial charge in [0.25, 0.3) is 15.9 Å². The number of hydroxylamine groups is 2. The van der Waals surface area contributed by atoms with E-state index in [2.05, 4.69) is 0 Å². The van der Waals surface area contributed by atoms with Gasteiger partial charge in [-0.15, -0.1) is 0 Å². The number of amides is 1. The molecule has 0 saturated heterocycles. The maximum absolute atomic E-state index is 13.0. The van der Waals surface area contributed by atoms with Crippen molar-refractivity contribution in [2.75, 3.05) is 14.2 Å². The Morgan fingerprint density at radius 2 is 1.72 bits per heavy atom. The summed E-state index contributed by atoms with van der Waals surface area (Å²) in [7, 11) is -0.972. The van der Waals surface area contributed by atoms with Gasteiger partial charge in [0, 0.05) is 18.6 Å². The van der Waals surface area contributed by atoms with Crippen molar-refractivity contribution in [2.45, 2.75) is 11.8 Å². The minimum Gasteiger partial charge on any atom is -0.274 e. The van der Waals surface area contributed by atoms with E-state index in [0.29, 0.717) is 10.9 Å². The number of nitrogens with zero attached hydrogens (tertiary/aromatic N) is 2. The summed E-state index contributed by atoms with van der Waals surface area (Å²) in [5, 5.41) is 1.61. The highest BCUT2D eigenvalue weighted by Gasteiger charge is 2.24. The first-order valence-electron chi connectivity index (χ1n) is 7.60. The Morgan fingerprint density at radius 1 is 1.08 bits per heavy atom. The molecule has 0 radical (unpaired) electrons. The third-order valence-corrected chi connectivity index (χ3v) is 5.73. The Labute approximate surface area is 146 Å². The Kier molecular flexibility index (Phi) is 4.36. The van der Waals surface area contributed by atoms with Crippen molar-refractivity contribution in [2.24, 2.45) is 0 Å². The minimum atomic E-state index is -3.82. The molecular formula is C18H18N2O4S. The summed E-state index contributed by atoms with van der Waals surface area (Å²) in [4.78, 5) is 17.6. The van der Waals surface area contributed by atoms with Crippen LogP contribution in [0.15, 0.2) is 59.6 Å². The number of hydrogen-bond donors (Lipinski definition) is 0. The highest BCUT2D eigenvalue weighted by atomic mass is 32.2. The summed E-state index contributed by atoms with van der Waals surface area (Å²) in [5.41, 5.74) is 1.67. The predicted molar refractivity (Wildman–Crippen MR) is 94.8 cm³/mol. The molecule has 0 atom stereocenters. The summed E-state index contributed by atoms with van der Waals surface area (Å²) in [6.07, 6.45) is 1.34. The van der Waals surface area contributed by atoms with Gasteiger partial charge in [-0.3, -0.25) is 9.63 Å². The van der Waals surface area contributed by atoms with Crippen molar-refractivity contribution in [3.63, 3.8) is 0 Å². The van der Waals surface area contributed by atoms with E-state index < -0.39 is 15.9 Å². The van der Waals surface area contributed by atoms with E-state index in [-0.39, 0.29) is 10.5 Å². The molecule has 1 heterocycles. The van der Waals surface area contributed by atoms with Crippen molar-refractivity contribution in [3.8, 4) is 0 Å². The van der Waals surface area contributed by atoms with Crippen molar-refractivity contribution in [1.29, 1.82) is 0 Å². The number of hydrogen-bond acceptors (Lipinski definition) is 4. The van der Waals surface area contributed by atoms with E-state index in [0.717, 1.165) is 14.6 Å². The van der Waals surface area contributed by atoms with Gasteiger partial charge in [0.1, 0.15) is 0 Å². The van der Waals surface area contributed by atoms with Gasteiger partial charge < -0.3 is 0 Å². The molecule has 7 heteroatoms. The second-order valence-electron chi connectivity index (χ2n) is 5.66. The van der Waals surface area contributed by atoms with Crippen LogP contribution in [0.2, 0.25) is 0 Å². The maximum Gasteiger partial charge on any atom is 0.279 e. The zero-order chi connectivity index (χ0) is 18.2. The van der Waals surface area contributed by atoms with Crippen molar-refractivity contribution in [3.05, 3.63) is 65.9 Å². The molecule has 0 bridgehead atoms. The van der Waals surface area contributed by atoms with Gasteiger partial charge in [-0.25, -0.2) is 17.5 Å². The van der Waals surface area contributed by atoms with E-state index in [9.17, 15) is 13.2 Å². The quantitative estimate of drug-likeness (QED) is 0.673. The van der Waals surface area contributed by atoms with Gasteiger partial charge >= 0.3 is 0 Å². The normalized spacial score (nSPS) is 11.6. The zero-order valence-corrected chi connectivity index (χ0v) is 14.9. The maximum atomic E-state index is 13.0. The molecule has 130 valence electrons. The fourth-order valence-electron chi connectivity index (χ4n) is 2.60. The van der Waals surface area contributed by atoms with Gasteiger partial charge in [0.05, 0.1) is 23.1 Å². The molecular weight excluding hydrogens is 340 g/mol. The second kappa shape index (κ2) is 6.34. The lowest BCUT2D eigenvalue weighted by atomic mass is 10.1. The lowest BCUT2D eigenvalue weighted by Gasteiger charge is -2.12. The molecule has 6 nitrogen and oxygen atoms in total. The summed E-state index contributed by atoms with van der Waals surface area (Å²) >= 11 is 0. The van der Waals surface area contributed by atoms with Crippen LogP contribution in [0.4, 0.5) is 0 Å². The lowest BCUT2D eigenvalue weighted by Crippen LogP contribution is -2.25.